The maximum atomic E-state index is 11.7. The van der Waals surface area contributed by atoms with Gasteiger partial charge in [0.05, 0.1) is 0 Å². The van der Waals surface area contributed by atoms with Crippen LogP contribution in [0.15, 0.2) is 0 Å². The van der Waals surface area contributed by atoms with Crippen LogP contribution in [0, 0.1) is 7.05 Å². The Morgan fingerprint density at radius 2 is 1.71 bits per heavy atom. The summed E-state index contributed by atoms with van der Waals surface area (Å²) in [6.07, 6.45) is 0. The molecule has 0 aromatic carbocycles. The SMILES string of the molecule is [CH2]N1C(=O)N(NC)C(NC)(NC)C1=O. The van der Waals surface area contributed by atoms with Crippen molar-refractivity contribution in [3.05, 3.63) is 7.05 Å². The van der Waals surface area contributed by atoms with Gasteiger partial charge in [-0.3, -0.25) is 20.3 Å². The second kappa shape index (κ2) is 3.52. The Morgan fingerprint density at radius 1 is 1.21 bits per heavy atom. The zero-order valence-electron chi connectivity index (χ0n) is 8.42. The summed E-state index contributed by atoms with van der Waals surface area (Å²) in [6, 6.07) is -0.513. The average molecular weight is 200 g/mol. The topological polar surface area (TPSA) is 76.7 Å². The summed E-state index contributed by atoms with van der Waals surface area (Å²) in [5.74, 6) is -1.71. The number of rotatable bonds is 3. The molecule has 0 aromatic heterocycles. The number of likely N-dealkylation sites (N-methyl/N-ethyl adjacent to an activating group) is 2. The normalized spacial score (nSPS) is 20.9. The van der Waals surface area contributed by atoms with E-state index in [2.05, 4.69) is 23.1 Å². The van der Waals surface area contributed by atoms with Gasteiger partial charge in [0, 0.05) is 14.1 Å². The minimum atomic E-state index is -1.26. The van der Waals surface area contributed by atoms with Crippen LogP contribution in [-0.2, 0) is 4.79 Å². The number of hydrogen-bond donors (Lipinski definition) is 3. The number of nitrogens with one attached hydrogen (secondary N) is 3. The molecule has 0 bridgehead atoms. The van der Waals surface area contributed by atoms with Crippen molar-refractivity contribution in [3.63, 3.8) is 0 Å². The molecule has 1 aliphatic rings. The van der Waals surface area contributed by atoms with Crippen molar-refractivity contribution in [1.82, 2.24) is 26.0 Å². The first-order valence-electron chi connectivity index (χ1n) is 4.09. The highest BCUT2D eigenvalue weighted by atomic mass is 16.2. The van der Waals surface area contributed by atoms with Gasteiger partial charge in [-0.15, -0.1) is 0 Å². The van der Waals surface area contributed by atoms with Crippen molar-refractivity contribution < 1.29 is 9.59 Å². The lowest BCUT2D eigenvalue weighted by Crippen LogP contribution is -2.69. The third-order valence-corrected chi connectivity index (χ3v) is 2.26. The highest BCUT2D eigenvalue weighted by Gasteiger charge is 2.55. The maximum absolute atomic E-state index is 11.7. The van der Waals surface area contributed by atoms with E-state index in [1.165, 1.54) is 0 Å². The van der Waals surface area contributed by atoms with E-state index in [9.17, 15) is 9.59 Å². The van der Waals surface area contributed by atoms with Crippen molar-refractivity contribution in [2.24, 2.45) is 0 Å². The van der Waals surface area contributed by atoms with Gasteiger partial charge in [0.25, 0.3) is 5.91 Å². The van der Waals surface area contributed by atoms with Crippen LogP contribution in [0.2, 0.25) is 0 Å². The van der Waals surface area contributed by atoms with Crippen molar-refractivity contribution in [3.8, 4) is 0 Å². The van der Waals surface area contributed by atoms with E-state index in [1.54, 1.807) is 21.1 Å². The largest absolute Gasteiger partial charge is 0.344 e. The highest BCUT2D eigenvalue weighted by Crippen LogP contribution is 2.19. The Hall–Kier alpha value is -1.18. The number of urea groups is 1. The van der Waals surface area contributed by atoms with Crippen LogP contribution in [0.3, 0.4) is 0 Å². The number of carbonyl (C=O) groups excluding carboxylic acids is 2. The predicted molar refractivity (Wildman–Crippen MR) is 49.3 cm³/mol. The van der Waals surface area contributed by atoms with Gasteiger partial charge in [-0.05, 0) is 14.1 Å². The molecule has 0 aliphatic carbocycles. The molecule has 0 unspecified atom stereocenters. The molecule has 1 heterocycles. The van der Waals surface area contributed by atoms with E-state index in [0.717, 1.165) is 9.91 Å². The Bertz CT molecular complexity index is 263. The molecule has 1 radical (unpaired) electrons. The average Bonchev–Trinajstić information content (AvgIpc) is 2.39. The van der Waals surface area contributed by atoms with Crippen molar-refractivity contribution in [2.45, 2.75) is 5.79 Å². The van der Waals surface area contributed by atoms with Crippen molar-refractivity contribution in [2.75, 3.05) is 21.1 Å². The van der Waals surface area contributed by atoms with Crippen LogP contribution in [0.25, 0.3) is 0 Å². The molecule has 7 nitrogen and oxygen atoms in total. The second-order valence-corrected chi connectivity index (χ2v) is 2.79. The number of amides is 3. The van der Waals surface area contributed by atoms with E-state index in [4.69, 9.17) is 0 Å². The molecule has 1 fully saturated rings. The van der Waals surface area contributed by atoms with Crippen LogP contribution < -0.4 is 16.1 Å². The molecule has 1 rings (SSSR count). The zero-order chi connectivity index (χ0) is 10.9. The van der Waals surface area contributed by atoms with E-state index in [-0.39, 0.29) is 0 Å². The molecule has 0 atom stereocenters. The van der Waals surface area contributed by atoms with Gasteiger partial charge in [0.15, 0.2) is 0 Å². The monoisotopic (exact) mass is 200 g/mol. The minimum absolute atomic E-state index is 0.457. The lowest BCUT2D eigenvalue weighted by molar-refractivity contribution is -0.135. The Kier molecular flexibility index (Phi) is 2.74. The van der Waals surface area contributed by atoms with E-state index < -0.39 is 17.7 Å². The van der Waals surface area contributed by atoms with Gasteiger partial charge in [-0.1, -0.05) is 0 Å². The van der Waals surface area contributed by atoms with Crippen LogP contribution >= 0.6 is 0 Å². The highest BCUT2D eigenvalue weighted by molar-refractivity contribution is 6.06. The lowest BCUT2D eigenvalue weighted by atomic mass is 10.3. The summed E-state index contributed by atoms with van der Waals surface area (Å²) in [4.78, 5) is 24.0. The van der Waals surface area contributed by atoms with Crippen LogP contribution in [0.5, 0.6) is 0 Å². The fourth-order valence-electron chi connectivity index (χ4n) is 1.47. The van der Waals surface area contributed by atoms with Crippen LogP contribution in [0.1, 0.15) is 0 Å². The Balaban J connectivity index is 3.14. The Labute approximate surface area is 82.4 Å². The fourth-order valence-corrected chi connectivity index (χ4v) is 1.47. The minimum Gasteiger partial charge on any atom is -0.276 e. The first-order valence-corrected chi connectivity index (χ1v) is 4.09. The van der Waals surface area contributed by atoms with Crippen molar-refractivity contribution >= 4 is 11.9 Å². The first kappa shape index (κ1) is 10.9. The summed E-state index contributed by atoms with van der Waals surface area (Å²) in [6.45, 7) is 0. The van der Waals surface area contributed by atoms with Gasteiger partial charge < -0.3 is 0 Å². The van der Waals surface area contributed by atoms with Gasteiger partial charge in [-0.25, -0.2) is 15.2 Å². The number of hydrazine groups is 1. The first-order chi connectivity index (χ1) is 6.55. The predicted octanol–water partition coefficient (Wildman–Crippen LogP) is -1.73. The molecular weight excluding hydrogens is 186 g/mol. The third kappa shape index (κ3) is 1.10. The third-order valence-electron chi connectivity index (χ3n) is 2.26. The van der Waals surface area contributed by atoms with Gasteiger partial charge in [-0.2, -0.15) is 0 Å². The molecule has 3 N–H and O–H groups in total. The standard InChI is InChI=1S/C7H14N5O2/c1-8-7(9-2)5(13)11(4)6(14)12(7)10-3/h8-10H,4H2,1-3H3. The van der Waals surface area contributed by atoms with Gasteiger partial charge >= 0.3 is 6.03 Å². The lowest BCUT2D eigenvalue weighted by Gasteiger charge is -2.32. The summed E-state index contributed by atoms with van der Waals surface area (Å²) < 4.78 is 0. The van der Waals surface area contributed by atoms with Gasteiger partial charge in [0.1, 0.15) is 0 Å². The molecule has 7 heteroatoms. The molecule has 0 saturated carbocycles. The van der Waals surface area contributed by atoms with E-state index in [1.807, 2.05) is 0 Å². The molecule has 79 valence electrons. The number of carbonyl (C=O) groups is 2. The summed E-state index contributed by atoms with van der Waals surface area (Å²) >= 11 is 0. The summed E-state index contributed by atoms with van der Waals surface area (Å²) in [5, 5.41) is 6.62. The van der Waals surface area contributed by atoms with Crippen LogP contribution in [0.4, 0.5) is 4.79 Å². The molecule has 14 heavy (non-hydrogen) atoms. The number of nitrogens with zero attached hydrogens (tertiary/aromatic N) is 2. The molecule has 0 aromatic rings. The Morgan fingerprint density at radius 3 is 2.00 bits per heavy atom. The quantitative estimate of drug-likeness (QED) is 0.373. The molecule has 1 aliphatic heterocycles. The zero-order valence-corrected chi connectivity index (χ0v) is 8.42. The summed E-state index contributed by atoms with van der Waals surface area (Å²) in [7, 11) is 8.06. The number of imide groups is 1. The molecule has 3 amide bonds. The van der Waals surface area contributed by atoms with Crippen molar-refractivity contribution in [1.29, 1.82) is 0 Å². The van der Waals surface area contributed by atoms with E-state index >= 15 is 0 Å². The number of hydrogen-bond acceptors (Lipinski definition) is 5. The maximum Gasteiger partial charge on any atom is 0.344 e. The molecular formula is C7H14N5O2. The summed E-state index contributed by atoms with van der Waals surface area (Å²) in [5.41, 5.74) is 2.62. The fraction of sp³-hybridized carbons (Fsp3) is 0.571. The second-order valence-electron chi connectivity index (χ2n) is 2.79. The van der Waals surface area contributed by atoms with Gasteiger partial charge in [0.2, 0.25) is 5.79 Å². The molecule has 1 saturated heterocycles. The molecule has 0 spiro atoms. The smallest absolute Gasteiger partial charge is 0.276 e. The van der Waals surface area contributed by atoms with Crippen LogP contribution in [-0.4, -0.2) is 48.8 Å². The van der Waals surface area contributed by atoms with E-state index in [0.29, 0.717) is 0 Å².